The van der Waals surface area contributed by atoms with Gasteiger partial charge in [0.1, 0.15) is 5.75 Å². The number of aryl methyl sites for hydroxylation is 1. The van der Waals surface area contributed by atoms with Crippen molar-refractivity contribution in [2.24, 2.45) is 5.73 Å². The minimum absolute atomic E-state index is 0.0935. The van der Waals surface area contributed by atoms with Crippen molar-refractivity contribution in [1.82, 2.24) is 0 Å². The highest BCUT2D eigenvalue weighted by atomic mass is 16.5. The van der Waals surface area contributed by atoms with Crippen LogP contribution in [0.25, 0.3) is 0 Å². The Morgan fingerprint density at radius 1 is 1.28 bits per heavy atom. The van der Waals surface area contributed by atoms with E-state index in [-0.39, 0.29) is 5.41 Å². The van der Waals surface area contributed by atoms with E-state index in [0.717, 1.165) is 12.2 Å². The van der Waals surface area contributed by atoms with Gasteiger partial charge in [-0.25, -0.2) is 0 Å². The van der Waals surface area contributed by atoms with Crippen molar-refractivity contribution in [1.29, 1.82) is 0 Å². The van der Waals surface area contributed by atoms with E-state index in [4.69, 9.17) is 10.5 Å². The molecule has 2 N–H and O–H groups in total. The van der Waals surface area contributed by atoms with Gasteiger partial charge in [-0.1, -0.05) is 39.8 Å². The van der Waals surface area contributed by atoms with Crippen LogP contribution in [0.4, 0.5) is 0 Å². The van der Waals surface area contributed by atoms with Gasteiger partial charge in [-0.2, -0.15) is 0 Å². The number of rotatable bonds is 4. The molecule has 0 aliphatic carbocycles. The molecular formula is C16H27NO. The van der Waals surface area contributed by atoms with E-state index in [1.165, 1.54) is 16.7 Å². The summed E-state index contributed by atoms with van der Waals surface area (Å²) in [5.74, 6) is 1.48. The van der Waals surface area contributed by atoms with Gasteiger partial charge in [0, 0.05) is 5.56 Å². The van der Waals surface area contributed by atoms with Crippen LogP contribution >= 0.6 is 0 Å². The fourth-order valence-corrected chi connectivity index (χ4v) is 2.52. The highest BCUT2D eigenvalue weighted by Gasteiger charge is 2.24. The van der Waals surface area contributed by atoms with Crippen molar-refractivity contribution in [3.8, 4) is 5.75 Å². The van der Waals surface area contributed by atoms with Crippen molar-refractivity contribution in [3.63, 3.8) is 0 Å². The zero-order valence-electron chi connectivity index (χ0n) is 12.6. The van der Waals surface area contributed by atoms with E-state index in [1.54, 1.807) is 7.11 Å². The largest absolute Gasteiger partial charge is 0.496 e. The predicted octanol–water partition coefficient (Wildman–Crippen LogP) is 3.75. The van der Waals surface area contributed by atoms with Gasteiger partial charge >= 0.3 is 0 Å². The average Bonchev–Trinajstić information content (AvgIpc) is 2.26. The molecule has 1 unspecified atom stereocenters. The van der Waals surface area contributed by atoms with Crippen LogP contribution in [0.5, 0.6) is 5.75 Å². The fraction of sp³-hybridized carbons (Fsp3) is 0.625. The Balaban J connectivity index is 3.39. The Morgan fingerprint density at radius 2 is 1.89 bits per heavy atom. The minimum Gasteiger partial charge on any atom is -0.496 e. The molecule has 1 aromatic carbocycles. The standard InChI is InChI=1S/C16H27NO/c1-11-7-8-13(16(3,4)5)15(18-6)14(11)12(2)9-10-17/h7-8,12H,9-10,17H2,1-6H3. The van der Waals surface area contributed by atoms with Crippen LogP contribution < -0.4 is 10.5 Å². The zero-order chi connectivity index (χ0) is 13.9. The first kappa shape index (κ1) is 15.0. The molecule has 0 fully saturated rings. The van der Waals surface area contributed by atoms with Crippen LogP contribution in [0.1, 0.15) is 56.7 Å². The normalized spacial score (nSPS) is 13.5. The number of benzene rings is 1. The summed E-state index contributed by atoms with van der Waals surface area (Å²) in [7, 11) is 1.77. The van der Waals surface area contributed by atoms with Gasteiger partial charge in [-0.3, -0.25) is 0 Å². The summed E-state index contributed by atoms with van der Waals surface area (Å²) < 4.78 is 5.71. The van der Waals surface area contributed by atoms with Crippen LogP contribution in [0, 0.1) is 6.92 Å². The van der Waals surface area contributed by atoms with Crippen molar-refractivity contribution >= 4 is 0 Å². The van der Waals surface area contributed by atoms with Crippen LogP contribution in [0.3, 0.4) is 0 Å². The SMILES string of the molecule is COc1c(C(C)(C)C)ccc(C)c1C(C)CCN. The third-order valence-corrected chi connectivity index (χ3v) is 3.52. The first-order valence-electron chi connectivity index (χ1n) is 6.71. The molecule has 1 atom stereocenters. The second kappa shape index (κ2) is 5.75. The second-order valence-corrected chi connectivity index (χ2v) is 6.11. The Bertz CT molecular complexity index is 404. The predicted molar refractivity (Wildman–Crippen MR) is 78.5 cm³/mol. The monoisotopic (exact) mass is 249 g/mol. The molecule has 0 aromatic heterocycles. The molecule has 0 radical (unpaired) electrons. The van der Waals surface area contributed by atoms with Gasteiger partial charge in [0.25, 0.3) is 0 Å². The Morgan fingerprint density at radius 3 is 2.33 bits per heavy atom. The third-order valence-electron chi connectivity index (χ3n) is 3.52. The fourth-order valence-electron chi connectivity index (χ4n) is 2.52. The van der Waals surface area contributed by atoms with E-state index >= 15 is 0 Å². The Hall–Kier alpha value is -1.02. The molecule has 0 amide bonds. The van der Waals surface area contributed by atoms with Crippen molar-refractivity contribution in [3.05, 3.63) is 28.8 Å². The molecule has 0 aliphatic rings. The van der Waals surface area contributed by atoms with E-state index in [2.05, 4.69) is 46.8 Å². The first-order valence-corrected chi connectivity index (χ1v) is 6.71. The number of methoxy groups -OCH3 is 1. The number of nitrogens with two attached hydrogens (primary N) is 1. The zero-order valence-corrected chi connectivity index (χ0v) is 12.6. The topological polar surface area (TPSA) is 35.2 Å². The summed E-state index contributed by atoms with van der Waals surface area (Å²) in [5.41, 5.74) is 9.67. The summed E-state index contributed by atoms with van der Waals surface area (Å²) >= 11 is 0. The molecule has 0 heterocycles. The van der Waals surface area contributed by atoms with Gasteiger partial charge in [-0.05, 0) is 42.3 Å². The van der Waals surface area contributed by atoms with Crippen molar-refractivity contribution in [2.45, 2.75) is 52.4 Å². The maximum atomic E-state index is 5.71. The lowest BCUT2D eigenvalue weighted by Gasteiger charge is -2.27. The van der Waals surface area contributed by atoms with E-state index in [1.807, 2.05) is 0 Å². The van der Waals surface area contributed by atoms with E-state index < -0.39 is 0 Å². The molecule has 0 bridgehead atoms. The molecule has 0 aliphatic heterocycles. The molecule has 0 saturated carbocycles. The summed E-state index contributed by atoms with van der Waals surface area (Å²) in [6.45, 7) is 11.7. The highest BCUT2D eigenvalue weighted by molar-refractivity contribution is 5.50. The molecule has 1 rings (SSSR count). The van der Waals surface area contributed by atoms with E-state index in [0.29, 0.717) is 12.5 Å². The summed E-state index contributed by atoms with van der Waals surface area (Å²) in [6.07, 6.45) is 0.991. The lowest BCUT2D eigenvalue weighted by molar-refractivity contribution is 0.388. The Kier molecular flexibility index (Phi) is 4.80. The van der Waals surface area contributed by atoms with Crippen molar-refractivity contribution < 1.29 is 4.74 Å². The molecule has 102 valence electrons. The van der Waals surface area contributed by atoms with Crippen LogP contribution in [0.2, 0.25) is 0 Å². The average molecular weight is 249 g/mol. The summed E-state index contributed by atoms with van der Waals surface area (Å²) in [6, 6.07) is 4.39. The van der Waals surface area contributed by atoms with Gasteiger partial charge in [0.05, 0.1) is 7.11 Å². The van der Waals surface area contributed by atoms with Gasteiger partial charge in [-0.15, -0.1) is 0 Å². The number of ether oxygens (including phenoxy) is 1. The quantitative estimate of drug-likeness (QED) is 0.882. The molecular weight excluding hydrogens is 222 g/mol. The molecule has 18 heavy (non-hydrogen) atoms. The summed E-state index contributed by atoms with van der Waals surface area (Å²) in [5, 5.41) is 0. The number of hydrogen-bond acceptors (Lipinski definition) is 2. The minimum atomic E-state index is 0.0935. The second-order valence-electron chi connectivity index (χ2n) is 6.11. The van der Waals surface area contributed by atoms with Gasteiger partial charge in [0.2, 0.25) is 0 Å². The number of hydrogen-bond donors (Lipinski definition) is 1. The van der Waals surface area contributed by atoms with Gasteiger partial charge in [0.15, 0.2) is 0 Å². The molecule has 0 saturated heterocycles. The molecule has 1 aromatic rings. The summed E-state index contributed by atoms with van der Waals surface area (Å²) in [4.78, 5) is 0. The lowest BCUT2D eigenvalue weighted by Crippen LogP contribution is -2.16. The highest BCUT2D eigenvalue weighted by Crippen LogP contribution is 2.39. The van der Waals surface area contributed by atoms with Crippen LogP contribution in [-0.4, -0.2) is 13.7 Å². The van der Waals surface area contributed by atoms with Gasteiger partial charge < -0.3 is 10.5 Å². The van der Waals surface area contributed by atoms with Crippen LogP contribution in [0.15, 0.2) is 12.1 Å². The molecule has 2 nitrogen and oxygen atoms in total. The van der Waals surface area contributed by atoms with Crippen LogP contribution in [-0.2, 0) is 5.41 Å². The molecule has 0 spiro atoms. The maximum Gasteiger partial charge on any atom is 0.126 e. The lowest BCUT2D eigenvalue weighted by atomic mass is 9.81. The third kappa shape index (κ3) is 3.05. The maximum absolute atomic E-state index is 5.71. The Labute approximate surface area is 112 Å². The smallest absolute Gasteiger partial charge is 0.126 e. The molecule has 2 heteroatoms. The van der Waals surface area contributed by atoms with E-state index in [9.17, 15) is 0 Å². The van der Waals surface area contributed by atoms with Crippen molar-refractivity contribution in [2.75, 3.05) is 13.7 Å². The first-order chi connectivity index (χ1) is 8.32.